The van der Waals surface area contributed by atoms with E-state index in [0.29, 0.717) is 23.3 Å². The highest BCUT2D eigenvalue weighted by atomic mass is 32.2. The lowest BCUT2D eigenvalue weighted by atomic mass is 10.1. The van der Waals surface area contributed by atoms with Crippen LogP contribution in [0.3, 0.4) is 0 Å². The summed E-state index contributed by atoms with van der Waals surface area (Å²) in [5, 5.41) is 14.4. The minimum Gasteiger partial charge on any atom is -0.497 e. The molecule has 0 radical (unpaired) electrons. The second kappa shape index (κ2) is 9.33. The van der Waals surface area contributed by atoms with E-state index < -0.39 is 0 Å². The molecule has 1 N–H and O–H groups in total. The van der Waals surface area contributed by atoms with Gasteiger partial charge < -0.3 is 14.6 Å². The summed E-state index contributed by atoms with van der Waals surface area (Å²) >= 11 is 2.73. The first kappa shape index (κ1) is 19.1. The van der Waals surface area contributed by atoms with E-state index in [1.54, 1.807) is 19.4 Å². The van der Waals surface area contributed by atoms with Gasteiger partial charge in [0.1, 0.15) is 11.6 Å². The van der Waals surface area contributed by atoms with Crippen molar-refractivity contribution in [3.63, 3.8) is 0 Å². The summed E-state index contributed by atoms with van der Waals surface area (Å²) in [6.07, 6.45) is 4.08. The van der Waals surface area contributed by atoms with E-state index in [0.717, 1.165) is 17.1 Å². The van der Waals surface area contributed by atoms with E-state index in [2.05, 4.69) is 27.1 Å². The Kier molecular flexibility index (Phi) is 6.61. The Hall–Kier alpha value is -2.65. The summed E-state index contributed by atoms with van der Waals surface area (Å²) in [4.78, 5) is 16.1. The summed E-state index contributed by atoms with van der Waals surface area (Å²) in [7, 11) is 1.64. The van der Waals surface area contributed by atoms with Crippen LogP contribution in [-0.4, -0.2) is 38.5 Å². The summed E-state index contributed by atoms with van der Waals surface area (Å²) in [5.74, 6) is 1.74. The van der Waals surface area contributed by atoms with E-state index in [1.165, 1.54) is 23.1 Å². The molecule has 0 unspecified atom stereocenters. The lowest BCUT2D eigenvalue weighted by Gasteiger charge is -2.08. The molecule has 3 aromatic rings. The number of methoxy groups -OCH3 is 1. The number of benzene rings is 1. The number of ether oxygens (including phenoxy) is 1. The van der Waals surface area contributed by atoms with Crippen LogP contribution < -0.4 is 10.1 Å². The Labute approximate surface area is 165 Å². The highest BCUT2D eigenvalue weighted by molar-refractivity contribution is 7.99. The Morgan fingerprint density at radius 3 is 2.85 bits per heavy atom. The maximum absolute atomic E-state index is 12.1. The van der Waals surface area contributed by atoms with Gasteiger partial charge in [0.25, 0.3) is 0 Å². The molecule has 27 heavy (non-hydrogen) atoms. The van der Waals surface area contributed by atoms with Gasteiger partial charge in [0, 0.05) is 24.5 Å². The maximum Gasteiger partial charge on any atom is 0.236 e. The number of thiazole rings is 1. The first-order valence-electron chi connectivity index (χ1n) is 8.17. The predicted molar refractivity (Wildman–Crippen MR) is 107 cm³/mol. The molecule has 0 aliphatic heterocycles. The lowest BCUT2D eigenvalue weighted by molar-refractivity contribution is -0.113. The molecule has 9 heteroatoms. The molecular weight excluding hydrogens is 382 g/mol. The van der Waals surface area contributed by atoms with Gasteiger partial charge in [-0.25, -0.2) is 4.98 Å². The van der Waals surface area contributed by atoms with Crippen LogP contribution in [0.2, 0.25) is 0 Å². The molecule has 140 valence electrons. The molecule has 3 rings (SSSR count). The van der Waals surface area contributed by atoms with E-state index in [9.17, 15) is 4.79 Å². The highest BCUT2D eigenvalue weighted by Gasteiger charge is 2.14. The van der Waals surface area contributed by atoms with Crippen molar-refractivity contribution >= 4 is 34.1 Å². The van der Waals surface area contributed by atoms with E-state index >= 15 is 0 Å². The number of carbonyl (C=O) groups is 1. The molecule has 0 atom stereocenters. The molecule has 1 amide bonds. The number of carbonyl (C=O) groups excluding carboxylic acids is 1. The average molecular weight is 402 g/mol. The predicted octanol–water partition coefficient (Wildman–Crippen LogP) is 3.25. The number of amides is 1. The summed E-state index contributed by atoms with van der Waals surface area (Å²) in [6.45, 7) is 4.38. The quantitative estimate of drug-likeness (QED) is 0.438. The van der Waals surface area contributed by atoms with Gasteiger partial charge in [-0.15, -0.1) is 28.1 Å². The van der Waals surface area contributed by atoms with Gasteiger partial charge in [0.2, 0.25) is 5.91 Å². The molecule has 0 bridgehead atoms. The fourth-order valence-corrected chi connectivity index (χ4v) is 3.68. The lowest BCUT2D eigenvalue weighted by Crippen LogP contribution is -2.14. The van der Waals surface area contributed by atoms with Crippen molar-refractivity contribution in [2.45, 2.75) is 18.1 Å². The molecule has 0 saturated carbocycles. The maximum atomic E-state index is 12.1. The van der Waals surface area contributed by atoms with Gasteiger partial charge in [-0.1, -0.05) is 30.0 Å². The fraction of sp³-hybridized carbons (Fsp3) is 0.222. The summed E-state index contributed by atoms with van der Waals surface area (Å²) in [5.41, 5.74) is 1.10. The molecule has 1 aromatic carbocycles. The van der Waals surface area contributed by atoms with E-state index in [4.69, 9.17) is 4.74 Å². The number of hydrogen-bond donors (Lipinski definition) is 1. The minimum absolute atomic E-state index is 0.125. The largest absolute Gasteiger partial charge is 0.497 e. The second-order valence-electron chi connectivity index (χ2n) is 5.50. The molecule has 0 aliphatic carbocycles. The van der Waals surface area contributed by atoms with Crippen molar-refractivity contribution in [1.29, 1.82) is 0 Å². The third-order valence-electron chi connectivity index (χ3n) is 3.64. The monoisotopic (exact) mass is 401 g/mol. The number of rotatable bonds is 9. The number of nitrogens with one attached hydrogen (secondary N) is 1. The van der Waals surface area contributed by atoms with Gasteiger partial charge in [0.15, 0.2) is 10.3 Å². The number of anilines is 1. The molecule has 2 aromatic heterocycles. The van der Waals surface area contributed by atoms with Gasteiger partial charge in [0.05, 0.1) is 12.9 Å². The van der Waals surface area contributed by atoms with Gasteiger partial charge >= 0.3 is 0 Å². The smallest absolute Gasteiger partial charge is 0.236 e. The number of hydrogen-bond acceptors (Lipinski definition) is 7. The van der Waals surface area contributed by atoms with Crippen molar-refractivity contribution in [1.82, 2.24) is 19.7 Å². The zero-order valence-corrected chi connectivity index (χ0v) is 16.4. The number of thioether (sulfide) groups is 1. The molecular formula is C18H19N5O2S2. The fourth-order valence-electron chi connectivity index (χ4n) is 2.37. The summed E-state index contributed by atoms with van der Waals surface area (Å²) < 4.78 is 7.16. The van der Waals surface area contributed by atoms with Crippen LogP contribution in [0.1, 0.15) is 11.4 Å². The molecule has 2 heterocycles. The van der Waals surface area contributed by atoms with Crippen molar-refractivity contribution in [3.05, 3.63) is 59.9 Å². The zero-order valence-electron chi connectivity index (χ0n) is 14.8. The Balaban J connectivity index is 1.66. The van der Waals surface area contributed by atoms with Crippen LogP contribution in [0.4, 0.5) is 5.13 Å². The molecule has 0 aliphatic rings. The Bertz CT molecular complexity index is 891. The normalized spacial score (nSPS) is 10.6. The number of nitrogens with zero attached hydrogens (tertiary/aromatic N) is 4. The standard InChI is InChI=1S/C18H19N5O2S2/c1-3-9-23-15(11-13-4-6-14(25-2)7-5-13)21-22-18(23)27-12-16(24)20-17-19-8-10-26-17/h3-8,10H,1,9,11-12H2,2H3,(H,19,20,24). The number of aromatic nitrogens is 4. The molecule has 7 nitrogen and oxygen atoms in total. The Morgan fingerprint density at radius 1 is 1.37 bits per heavy atom. The van der Waals surface area contributed by atoms with Crippen LogP contribution in [0, 0.1) is 0 Å². The number of allylic oxidation sites excluding steroid dienone is 1. The zero-order chi connectivity index (χ0) is 19.1. The SMILES string of the molecule is C=CCn1c(Cc2ccc(OC)cc2)nnc1SCC(=O)Nc1nccs1. The van der Waals surface area contributed by atoms with Crippen LogP contribution in [0.5, 0.6) is 5.75 Å². The minimum atomic E-state index is -0.125. The summed E-state index contributed by atoms with van der Waals surface area (Å²) in [6, 6.07) is 7.84. The first-order valence-corrected chi connectivity index (χ1v) is 10.0. The van der Waals surface area contributed by atoms with Gasteiger partial charge in [-0.2, -0.15) is 0 Å². The Morgan fingerprint density at radius 2 is 2.19 bits per heavy atom. The molecule has 0 fully saturated rings. The van der Waals surface area contributed by atoms with Crippen molar-refractivity contribution in [2.75, 3.05) is 18.2 Å². The molecule has 0 saturated heterocycles. The van der Waals surface area contributed by atoms with Crippen LogP contribution in [0.15, 0.2) is 53.7 Å². The van der Waals surface area contributed by atoms with Gasteiger partial charge in [-0.3, -0.25) is 4.79 Å². The third kappa shape index (κ3) is 5.18. The van der Waals surface area contributed by atoms with E-state index in [1.807, 2.05) is 34.2 Å². The van der Waals surface area contributed by atoms with E-state index in [-0.39, 0.29) is 11.7 Å². The van der Waals surface area contributed by atoms with Crippen molar-refractivity contribution in [2.24, 2.45) is 0 Å². The molecule has 0 spiro atoms. The van der Waals surface area contributed by atoms with Crippen LogP contribution >= 0.6 is 23.1 Å². The van der Waals surface area contributed by atoms with Crippen LogP contribution in [0.25, 0.3) is 0 Å². The second-order valence-corrected chi connectivity index (χ2v) is 7.33. The van der Waals surface area contributed by atoms with Crippen LogP contribution in [-0.2, 0) is 17.8 Å². The first-order chi connectivity index (χ1) is 13.2. The van der Waals surface area contributed by atoms with Crippen molar-refractivity contribution < 1.29 is 9.53 Å². The topological polar surface area (TPSA) is 81.9 Å². The average Bonchev–Trinajstić information content (AvgIpc) is 3.32. The van der Waals surface area contributed by atoms with Crippen molar-refractivity contribution in [3.8, 4) is 5.75 Å². The highest BCUT2D eigenvalue weighted by Crippen LogP contribution is 2.21. The van der Waals surface area contributed by atoms with Gasteiger partial charge in [-0.05, 0) is 17.7 Å². The third-order valence-corrected chi connectivity index (χ3v) is 5.29.